The van der Waals surface area contributed by atoms with Crippen molar-refractivity contribution in [1.82, 2.24) is 4.90 Å². The minimum absolute atomic E-state index is 0.120. The number of amides is 1. The number of carbonyl (C=O) groups excluding carboxylic acids is 1. The van der Waals surface area contributed by atoms with Gasteiger partial charge in [-0.1, -0.05) is 41.7 Å². The Morgan fingerprint density at radius 3 is 2.46 bits per heavy atom. The van der Waals surface area contributed by atoms with E-state index in [9.17, 15) is 13.2 Å². The highest BCUT2D eigenvalue weighted by Crippen LogP contribution is 2.35. The fourth-order valence-electron chi connectivity index (χ4n) is 2.72. The van der Waals surface area contributed by atoms with E-state index in [0.29, 0.717) is 19.0 Å². The SMILES string of the molecule is CC1CCCN(C(=O)CN(c2cc(Cl)c(Cl)cc2Cl)S(C)(=O)=O)C1. The van der Waals surface area contributed by atoms with Crippen molar-refractivity contribution >= 4 is 56.4 Å². The highest BCUT2D eigenvalue weighted by Gasteiger charge is 2.28. The van der Waals surface area contributed by atoms with Crippen molar-refractivity contribution in [3.63, 3.8) is 0 Å². The van der Waals surface area contributed by atoms with Crippen molar-refractivity contribution in [3.05, 3.63) is 27.2 Å². The topological polar surface area (TPSA) is 57.7 Å². The molecule has 5 nitrogen and oxygen atoms in total. The molecule has 0 spiro atoms. The molecular weight excluding hydrogens is 395 g/mol. The van der Waals surface area contributed by atoms with Crippen LogP contribution in [0.3, 0.4) is 0 Å². The molecule has 1 heterocycles. The van der Waals surface area contributed by atoms with Crippen molar-refractivity contribution in [2.24, 2.45) is 5.92 Å². The van der Waals surface area contributed by atoms with E-state index in [0.717, 1.165) is 23.4 Å². The molecule has 1 fully saturated rings. The van der Waals surface area contributed by atoms with Crippen LogP contribution < -0.4 is 4.31 Å². The molecule has 0 bridgehead atoms. The fraction of sp³-hybridized carbons (Fsp3) is 0.533. The molecule has 9 heteroatoms. The second kappa shape index (κ2) is 7.68. The number of carbonyl (C=O) groups is 1. The van der Waals surface area contributed by atoms with Gasteiger partial charge in [-0.2, -0.15) is 0 Å². The number of nitrogens with zero attached hydrogens (tertiary/aromatic N) is 2. The lowest BCUT2D eigenvalue weighted by Crippen LogP contribution is -2.46. The van der Waals surface area contributed by atoms with Gasteiger partial charge in [-0.15, -0.1) is 0 Å². The molecule has 24 heavy (non-hydrogen) atoms. The number of piperidine rings is 1. The third-order valence-corrected chi connectivity index (χ3v) is 6.10. The van der Waals surface area contributed by atoms with Crippen LogP contribution in [-0.4, -0.2) is 45.1 Å². The summed E-state index contributed by atoms with van der Waals surface area (Å²) in [5, 5.41) is 0.508. The predicted molar refractivity (Wildman–Crippen MR) is 98.6 cm³/mol. The monoisotopic (exact) mass is 412 g/mol. The van der Waals surface area contributed by atoms with Crippen LogP contribution in [0.2, 0.25) is 15.1 Å². The van der Waals surface area contributed by atoms with Gasteiger partial charge in [0.05, 0.1) is 27.0 Å². The molecule has 0 saturated carbocycles. The molecule has 1 atom stereocenters. The van der Waals surface area contributed by atoms with E-state index < -0.39 is 10.0 Å². The van der Waals surface area contributed by atoms with Crippen LogP contribution in [0, 0.1) is 5.92 Å². The smallest absolute Gasteiger partial charge is 0.243 e. The molecule has 1 aliphatic heterocycles. The van der Waals surface area contributed by atoms with E-state index in [-0.39, 0.29) is 33.2 Å². The lowest BCUT2D eigenvalue weighted by molar-refractivity contribution is -0.131. The first-order valence-electron chi connectivity index (χ1n) is 7.49. The number of anilines is 1. The molecule has 1 aromatic rings. The van der Waals surface area contributed by atoms with Gasteiger partial charge in [-0.05, 0) is 30.9 Å². The average molecular weight is 414 g/mol. The number of halogens is 3. The Bertz CT molecular complexity index is 740. The third kappa shape index (κ3) is 4.69. The average Bonchev–Trinajstić information content (AvgIpc) is 2.47. The fourth-order valence-corrected chi connectivity index (χ4v) is 4.27. The van der Waals surface area contributed by atoms with Crippen molar-refractivity contribution in [3.8, 4) is 0 Å². The van der Waals surface area contributed by atoms with Gasteiger partial charge in [0.15, 0.2) is 0 Å². The van der Waals surface area contributed by atoms with Crippen LogP contribution in [-0.2, 0) is 14.8 Å². The highest BCUT2D eigenvalue weighted by molar-refractivity contribution is 7.92. The van der Waals surface area contributed by atoms with Crippen molar-refractivity contribution in [2.75, 3.05) is 30.2 Å². The van der Waals surface area contributed by atoms with Crippen LogP contribution in [0.25, 0.3) is 0 Å². The first-order chi connectivity index (χ1) is 11.1. The van der Waals surface area contributed by atoms with E-state index >= 15 is 0 Å². The molecule has 2 rings (SSSR count). The Morgan fingerprint density at radius 2 is 1.88 bits per heavy atom. The summed E-state index contributed by atoms with van der Waals surface area (Å²) in [6, 6.07) is 2.73. The second-order valence-corrected chi connectivity index (χ2v) is 9.20. The molecular formula is C15H19Cl3N2O3S. The van der Waals surface area contributed by atoms with Crippen LogP contribution >= 0.6 is 34.8 Å². The number of rotatable bonds is 4. The quantitative estimate of drug-likeness (QED) is 0.708. The predicted octanol–water partition coefficient (Wildman–Crippen LogP) is 3.67. The Labute approximate surface area is 157 Å². The van der Waals surface area contributed by atoms with Crippen molar-refractivity contribution in [1.29, 1.82) is 0 Å². The van der Waals surface area contributed by atoms with Crippen molar-refractivity contribution in [2.45, 2.75) is 19.8 Å². The van der Waals surface area contributed by atoms with Gasteiger partial charge < -0.3 is 4.90 Å². The maximum absolute atomic E-state index is 12.6. The van der Waals surface area contributed by atoms with Gasteiger partial charge in [0.25, 0.3) is 0 Å². The standard InChI is InChI=1S/C15H19Cl3N2O3S/c1-10-4-3-5-19(8-10)15(21)9-20(24(2,22)23)14-7-12(17)11(16)6-13(14)18/h6-7,10H,3-5,8-9H2,1-2H3. The molecule has 1 aliphatic rings. The lowest BCUT2D eigenvalue weighted by atomic mass is 10.0. The summed E-state index contributed by atoms with van der Waals surface area (Å²) < 4.78 is 25.3. The normalized spacial score (nSPS) is 18.5. The Balaban J connectivity index is 2.30. The highest BCUT2D eigenvalue weighted by atomic mass is 35.5. The lowest BCUT2D eigenvalue weighted by Gasteiger charge is -2.33. The minimum atomic E-state index is -3.72. The molecule has 0 N–H and O–H groups in total. The van der Waals surface area contributed by atoms with Gasteiger partial charge in [-0.3, -0.25) is 9.10 Å². The van der Waals surface area contributed by atoms with E-state index in [1.807, 2.05) is 0 Å². The number of likely N-dealkylation sites (tertiary alicyclic amines) is 1. The summed E-state index contributed by atoms with van der Waals surface area (Å²) >= 11 is 18.0. The largest absolute Gasteiger partial charge is 0.341 e. The molecule has 1 saturated heterocycles. The van der Waals surface area contributed by atoms with Gasteiger partial charge in [0.2, 0.25) is 15.9 Å². The Hall–Kier alpha value is -0.690. The summed E-state index contributed by atoms with van der Waals surface area (Å²) in [5.74, 6) is 0.150. The third-order valence-electron chi connectivity index (χ3n) is 3.95. The molecule has 1 amide bonds. The summed E-state index contributed by atoms with van der Waals surface area (Å²) in [4.78, 5) is 14.2. The zero-order chi connectivity index (χ0) is 18.1. The van der Waals surface area contributed by atoms with Gasteiger partial charge in [0, 0.05) is 13.1 Å². The zero-order valence-corrected chi connectivity index (χ0v) is 16.5. The summed E-state index contributed by atoms with van der Waals surface area (Å²) in [5.41, 5.74) is 0.145. The summed E-state index contributed by atoms with van der Waals surface area (Å²) in [6.45, 7) is 3.02. The Kier molecular flexibility index (Phi) is 6.29. The zero-order valence-electron chi connectivity index (χ0n) is 13.4. The maximum atomic E-state index is 12.6. The molecule has 1 aromatic carbocycles. The van der Waals surface area contributed by atoms with Crippen LogP contribution in [0.5, 0.6) is 0 Å². The van der Waals surface area contributed by atoms with E-state index in [1.54, 1.807) is 4.90 Å². The number of benzene rings is 1. The molecule has 1 unspecified atom stereocenters. The molecule has 0 aliphatic carbocycles. The van der Waals surface area contributed by atoms with Crippen LogP contribution in [0.15, 0.2) is 12.1 Å². The van der Waals surface area contributed by atoms with Gasteiger partial charge in [-0.25, -0.2) is 8.42 Å². The van der Waals surface area contributed by atoms with E-state index in [4.69, 9.17) is 34.8 Å². The van der Waals surface area contributed by atoms with Crippen molar-refractivity contribution < 1.29 is 13.2 Å². The summed E-state index contributed by atoms with van der Waals surface area (Å²) in [7, 11) is -3.72. The van der Waals surface area contributed by atoms with Gasteiger partial charge >= 0.3 is 0 Å². The Morgan fingerprint density at radius 1 is 1.25 bits per heavy atom. The first-order valence-corrected chi connectivity index (χ1v) is 10.5. The number of hydrogen-bond acceptors (Lipinski definition) is 3. The van der Waals surface area contributed by atoms with E-state index in [1.165, 1.54) is 12.1 Å². The minimum Gasteiger partial charge on any atom is -0.341 e. The molecule has 134 valence electrons. The maximum Gasteiger partial charge on any atom is 0.243 e. The van der Waals surface area contributed by atoms with Crippen LogP contribution in [0.1, 0.15) is 19.8 Å². The molecule has 0 aromatic heterocycles. The van der Waals surface area contributed by atoms with E-state index in [2.05, 4.69) is 6.92 Å². The second-order valence-electron chi connectivity index (χ2n) is 6.07. The summed E-state index contributed by atoms with van der Waals surface area (Å²) in [6.07, 6.45) is 3.01. The number of sulfonamides is 1. The number of hydrogen-bond donors (Lipinski definition) is 0. The van der Waals surface area contributed by atoms with Crippen LogP contribution in [0.4, 0.5) is 5.69 Å². The first kappa shape index (κ1) is 19.6. The van der Waals surface area contributed by atoms with Gasteiger partial charge in [0.1, 0.15) is 6.54 Å². The molecule has 0 radical (unpaired) electrons.